The molecule has 0 bridgehead atoms. The fraction of sp³-hybridized carbons (Fsp3) is 0.176. The van der Waals surface area contributed by atoms with E-state index < -0.39 is 17.9 Å². The zero-order valence-corrected chi connectivity index (χ0v) is 56.4. The second-order valence-electron chi connectivity index (χ2n) is 21.5. The van der Waals surface area contributed by atoms with E-state index in [1.54, 1.807) is 136 Å². The molecule has 0 radical (unpaired) electrons. The predicted molar refractivity (Wildman–Crippen MR) is 374 cm³/mol. The van der Waals surface area contributed by atoms with E-state index >= 15 is 0 Å². The molecule has 9 aromatic rings. The lowest BCUT2D eigenvalue weighted by Crippen LogP contribution is -2.18. The summed E-state index contributed by atoms with van der Waals surface area (Å²) >= 11 is 36.4. The summed E-state index contributed by atoms with van der Waals surface area (Å²) in [5.74, 6) is -0.933. The number of halogens is 6. The van der Waals surface area contributed by atoms with Crippen LogP contribution in [0.2, 0.25) is 30.5 Å². The number of aliphatic carboxylic acids is 3. The Morgan fingerprint density at radius 1 is 0.411 bits per heavy atom. The van der Waals surface area contributed by atoms with E-state index in [4.69, 9.17) is 84.9 Å². The average molecular weight is 1400 g/mol. The Morgan fingerprint density at radius 3 is 1.11 bits per heavy atom. The lowest BCUT2D eigenvalue weighted by Gasteiger charge is -2.17. The fourth-order valence-electron chi connectivity index (χ4n) is 8.95. The van der Waals surface area contributed by atoms with Crippen LogP contribution in [0.1, 0.15) is 77.1 Å². The highest BCUT2D eigenvalue weighted by Crippen LogP contribution is 2.29. The smallest absolute Gasteiger partial charge is 0.308 e. The largest absolute Gasteiger partial charge is 0.481 e. The molecular formula is C68H62Cl6N12O9. The first-order chi connectivity index (χ1) is 45.2. The summed E-state index contributed by atoms with van der Waals surface area (Å²) in [5, 5.41) is 37.4. The minimum Gasteiger partial charge on any atom is -0.481 e. The molecule has 0 aliphatic carbocycles. The molecule has 3 heterocycles. The first-order valence-electron chi connectivity index (χ1n) is 28.7. The van der Waals surface area contributed by atoms with Gasteiger partial charge in [-0.05, 0) is 107 Å². The van der Waals surface area contributed by atoms with Crippen LogP contribution in [0, 0.1) is 0 Å². The maximum absolute atomic E-state index is 12.4. The molecule has 3 amide bonds. The number of aromatic nitrogens is 6. The van der Waals surface area contributed by atoms with Crippen LogP contribution >= 0.6 is 69.6 Å². The zero-order valence-electron chi connectivity index (χ0n) is 51.8. The topological polar surface area (TPSA) is 286 Å². The summed E-state index contributed by atoms with van der Waals surface area (Å²) in [6.45, 7) is 0. The summed E-state index contributed by atoms with van der Waals surface area (Å²) in [7, 11) is 10.6. The third-order valence-corrected chi connectivity index (χ3v) is 15.4. The van der Waals surface area contributed by atoms with Gasteiger partial charge in [0.1, 0.15) is 50.4 Å². The number of benzene rings is 6. The number of anilines is 6. The van der Waals surface area contributed by atoms with Gasteiger partial charge in [-0.1, -0.05) is 136 Å². The number of carbonyl (C=O) groups excluding carboxylic acids is 3. The molecule has 0 fully saturated rings. The number of carboxylic acids is 3. The monoisotopic (exact) mass is 1400 g/mol. The molecule has 0 saturated heterocycles. The van der Waals surface area contributed by atoms with Gasteiger partial charge in [0.05, 0.1) is 29.3 Å². The maximum Gasteiger partial charge on any atom is 0.308 e. The van der Waals surface area contributed by atoms with Crippen LogP contribution in [0.5, 0.6) is 0 Å². The van der Waals surface area contributed by atoms with Gasteiger partial charge in [0.15, 0.2) is 0 Å². The van der Waals surface area contributed by atoms with Crippen LogP contribution < -0.4 is 30.7 Å². The van der Waals surface area contributed by atoms with E-state index in [-0.39, 0.29) is 52.4 Å². The molecular weight excluding hydrogens is 1340 g/mol. The Kier molecular flexibility index (Phi) is 26.3. The molecule has 0 atom stereocenters. The highest BCUT2D eigenvalue weighted by molar-refractivity contribution is 6.42. The molecule has 21 nitrogen and oxygen atoms in total. The summed E-state index contributed by atoms with van der Waals surface area (Å²) < 4.78 is 0. The van der Waals surface area contributed by atoms with Gasteiger partial charge >= 0.3 is 17.9 Å². The van der Waals surface area contributed by atoms with Crippen molar-refractivity contribution in [3.8, 4) is 0 Å². The summed E-state index contributed by atoms with van der Waals surface area (Å²) in [6, 6.07) is 42.7. The number of nitrogens with one attached hydrogen (secondary N) is 3. The first-order valence-corrected chi connectivity index (χ1v) is 30.9. The molecule has 95 heavy (non-hydrogen) atoms. The van der Waals surface area contributed by atoms with Crippen molar-refractivity contribution in [2.24, 2.45) is 0 Å². The van der Waals surface area contributed by atoms with Gasteiger partial charge in [-0.2, -0.15) is 0 Å². The Labute approximate surface area is 577 Å². The van der Waals surface area contributed by atoms with Gasteiger partial charge in [0.25, 0.3) is 11.8 Å². The van der Waals surface area contributed by atoms with Crippen LogP contribution in [-0.4, -0.2) is 123 Å². The van der Waals surface area contributed by atoms with Crippen molar-refractivity contribution < 1.29 is 44.1 Å². The molecule has 0 aliphatic rings. The Balaban J connectivity index is 0.000000201. The Hall–Kier alpha value is -9.74. The van der Waals surface area contributed by atoms with Crippen molar-refractivity contribution in [2.75, 3.05) is 72.9 Å². The van der Waals surface area contributed by atoms with Gasteiger partial charge in [-0.25, -0.2) is 29.9 Å². The van der Waals surface area contributed by atoms with Crippen LogP contribution in [0.4, 0.5) is 34.5 Å². The second kappa shape index (κ2) is 34.4. The highest BCUT2D eigenvalue weighted by atomic mass is 35.5. The van der Waals surface area contributed by atoms with Gasteiger partial charge in [0, 0.05) is 118 Å². The van der Waals surface area contributed by atoms with Crippen molar-refractivity contribution >= 4 is 146 Å². The van der Waals surface area contributed by atoms with Gasteiger partial charge < -0.3 is 46.0 Å². The molecule has 9 rings (SSSR count). The van der Waals surface area contributed by atoms with Crippen LogP contribution in [0.25, 0.3) is 6.08 Å². The molecule has 27 heteroatoms. The highest BCUT2D eigenvalue weighted by Gasteiger charge is 2.22. The minimum atomic E-state index is -1.01. The van der Waals surface area contributed by atoms with Crippen LogP contribution in [0.3, 0.4) is 0 Å². The van der Waals surface area contributed by atoms with E-state index in [9.17, 15) is 28.8 Å². The van der Waals surface area contributed by atoms with E-state index in [0.29, 0.717) is 114 Å². The van der Waals surface area contributed by atoms with E-state index in [1.165, 1.54) is 12.1 Å². The number of hydrogen-bond donors (Lipinski definition) is 6. The van der Waals surface area contributed by atoms with Gasteiger partial charge in [-0.3, -0.25) is 28.8 Å². The normalized spacial score (nSPS) is 10.7. The number of carbonyl (C=O) groups is 6. The lowest BCUT2D eigenvalue weighted by atomic mass is 10.1. The minimum absolute atomic E-state index is 0.117. The van der Waals surface area contributed by atoms with Crippen molar-refractivity contribution in [1.82, 2.24) is 29.9 Å². The molecule has 490 valence electrons. The zero-order chi connectivity index (χ0) is 69.0. The molecule has 6 aromatic carbocycles. The van der Waals surface area contributed by atoms with Crippen molar-refractivity contribution in [3.63, 3.8) is 0 Å². The SMILES string of the molecule is CN(C)c1nc(Cc2ccc(NC(=O)/C=C/c3ccccc3)cc2)nc(Cl)c1CC(=O)O.CN(C)c1nc(Cc2ccc(NC(=O)c3ccc(Cl)c(Cl)c3)cc2)nc(Cl)c1CC(=O)O.CN(C)c1nc(Cc2ccc(NC(=O)c3ccc(Cl)cc3)cc2)nc(Cl)c1CC(=O)O. The molecule has 3 aromatic heterocycles. The van der Waals surface area contributed by atoms with Crippen molar-refractivity contribution in [3.05, 3.63) is 250 Å². The first kappa shape index (κ1) is 72.7. The van der Waals surface area contributed by atoms with E-state index in [1.807, 2.05) is 66.7 Å². The Morgan fingerprint density at radius 2 is 0.758 bits per heavy atom. The molecule has 0 unspecified atom stereocenters. The third-order valence-electron chi connectivity index (χ3n) is 13.4. The van der Waals surface area contributed by atoms with Crippen LogP contribution in [-0.2, 0) is 57.7 Å². The summed E-state index contributed by atoms with van der Waals surface area (Å²) in [5.41, 5.74) is 7.63. The Bertz CT molecular complexity index is 4260. The summed E-state index contributed by atoms with van der Waals surface area (Å²) in [6.07, 6.45) is 3.67. The second-order valence-corrected chi connectivity index (χ2v) is 23.8. The predicted octanol–water partition coefficient (Wildman–Crippen LogP) is 13.4. The number of rotatable bonds is 22. The van der Waals surface area contributed by atoms with E-state index in [2.05, 4.69) is 45.9 Å². The lowest BCUT2D eigenvalue weighted by molar-refractivity contribution is -0.137. The van der Waals surface area contributed by atoms with Gasteiger partial charge in [0.2, 0.25) is 5.91 Å². The molecule has 0 aliphatic heterocycles. The third kappa shape index (κ3) is 22.2. The number of nitrogens with zero attached hydrogens (tertiary/aromatic N) is 9. The summed E-state index contributed by atoms with van der Waals surface area (Å²) in [4.78, 5) is 102. The molecule has 6 N–H and O–H groups in total. The molecule has 0 saturated carbocycles. The fourth-order valence-corrected chi connectivity index (χ4v) is 10.1. The van der Waals surface area contributed by atoms with Crippen molar-refractivity contribution in [1.29, 1.82) is 0 Å². The van der Waals surface area contributed by atoms with Crippen LogP contribution in [0.15, 0.2) is 152 Å². The maximum atomic E-state index is 12.4. The van der Waals surface area contributed by atoms with E-state index in [0.717, 1.165) is 22.3 Å². The van der Waals surface area contributed by atoms with Crippen molar-refractivity contribution in [2.45, 2.75) is 38.5 Å². The average Bonchev–Trinajstić information content (AvgIpc) is 0.855. The quantitative estimate of drug-likeness (QED) is 0.0271. The molecule has 0 spiro atoms. The number of hydrogen-bond acceptors (Lipinski definition) is 15. The van der Waals surface area contributed by atoms with Gasteiger partial charge in [-0.15, -0.1) is 0 Å². The number of carboxylic acid groups (broad SMARTS) is 3. The number of amides is 3. The standard InChI is InChI=1S/C24H23ClN4O3.C22H19Cl3N4O3.C22H20Cl2N4O3/c1-29(2)24-19(15-22(31)32)23(25)27-20(28-24)14-17-8-11-18(12-9-17)26-21(30)13-10-16-6-4-3-5-7-16;1-29(2)21-15(11-19(30)31)20(25)27-18(28-21)9-12-3-6-14(7-4-12)26-22(32)13-5-8-16(23)17(24)10-13;1-28(2)21-17(12-19(29)30)20(24)26-18(27-21)11-13-3-9-16(10-4-13)25-22(31)14-5-7-15(23)8-6-14/h3-13H,14-15H2,1-2H3,(H,26,30)(H,31,32);3-8,10H,9,11H2,1-2H3,(H,26,32)(H,30,31);3-10H,11-12H2,1-2H3,(H,25,31)(H,29,30)/b13-10+;;.